The standard InChI is InChI=1S/C28H20O/c1-17-9-7-15-24-26(17)28-23(14-8-16-25(28)29-24)27-21-12-5-3-10-19(21)18(2)20-11-4-6-13-22(20)27/h3-16H,1-2H3. The molecule has 0 aliphatic rings. The minimum Gasteiger partial charge on any atom is -0.456 e. The summed E-state index contributed by atoms with van der Waals surface area (Å²) in [6, 6.07) is 30.2. The molecule has 0 unspecified atom stereocenters. The van der Waals surface area contributed by atoms with E-state index >= 15 is 0 Å². The van der Waals surface area contributed by atoms with Crippen molar-refractivity contribution in [3.05, 3.63) is 96.1 Å². The summed E-state index contributed by atoms with van der Waals surface area (Å²) in [5.41, 5.74) is 7.00. The Hall–Kier alpha value is -3.58. The van der Waals surface area contributed by atoms with Gasteiger partial charge in [-0.15, -0.1) is 0 Å². The van der Waals surface area contributed by atoms with Crippen molar-refractivity contribution in [3.8, 4) is 11.1 Å². The smallest absolute Gasteiger partial charge is 0.136 e. The molecule has 29 heavy (non-hydrogen) atoms. The molecule has 0 N–H and O–H groups in total. The fourth-order valence-electron chi connectivity index (χ4n) is 4.88. The molecule has 6 aromatic rings. The van der Waals surface area contributed by atoms with Gasteiger partial charge in [-0.05, 0) is 69.8 Å². The van der Waals surface area contributed by atoms with Gasteiger partial charge in [-0.25, -0.2) is 0 Å². The highest BCUT2D eigenvalue weighted by Gasteiger charge is 2.18. The monoisotopic (exact) mass is 372 g/mol. The van der Waals surface area contributed by atoms with Gasteiger partial charge >= 0.3 is 0 Å². The van der Waals surface area contributed by atoms with Crippen LogP contribution in [-0.4, -0.2) is 0 Å². The molecule has 1 aromatic heterocycles. The zero-order valence-electron chi connectivity index (χ0n) is 16.5. The maximum Gasteiger partial charge on any atom is 0.136 e. The van der Waals surface area contributed by atoms with Crippen LogP contribution in [0.25, 0.3) is 54.6 Å². The van der Waals surface area contributed by atoms with Gasteiger partial charge in [0.05, 0.1) is 0 Å². The molecule has 1 nitrogen and oxygen atoms in total. The van der Waals surface area contributed by atoms with Crippen LogP contribution in [0.3, 0.4) is 0 Å². The van der Waals surface area contributed by atoms with Gasteiger partial charge in [0, 0.05) is 10.8 Å². The third-order valence-corrected chi connectivity index (χ3v) is 6.20. The number of rotatable bonds is 1. The number of furan rings is 1. The summed E-state index contributed by atoms with van der Waals surface area (Å²) in [6.07, 6.45) is 0. The average molecular weight is 372 g/mol. The van der Waals surface area contributed by atoms with Crippen molar-refractivity contribution in [2.24, 2.45) is 0 Å². The Bertz CT molecular complexity index is 1510. The lowest BCUT2D eigenvalue weighted by Gasteiger charge is -2.16. The number of hydrogen-bond acceptors (Lipinski definition) is 1. The van der Waals surface area contributed by atoms with E-state index in [1.54, 1.807) is 0 Å². The van der Waals surface area contributed by atoms with E-state index in [9.17, 15) is 0 Å². The lowest BCUT2D eigenvalue weighted by atomic mass is 9.87. The highest BCUT2D eigenvalue weighted by molar-refractivity contribution is 6.22. The number of fused-ring (bicyclic) bond motifs is 5. The van der Waals surface area contributed by atoms with Gasteiger partial charge < -0.3 is 4.42 Å². The molecule has 0 fully saturated rings. The first-order valence-electron chi connectivity index (χ1n) is 10.1. The Balaban J connectivity index is 1.90. The van der Waals surface area contributed by atoms with E-state index in [1.807, 2.05) is 0 Å². The van der Waals surface area contributed by atoms with Crippen LogP contribution in [0.4, 0.5) is 0 Å². The first-order valence-corrected chi connectivity index (χ1v) is 10.1. The van der Waals surface area contributed by atoms with Crippen LogP contribution in [0.2, 0.25) is 0 Å². The van der Waals surface area contributed by atoms with E-state index in [0.29, 0.717) is 0 Å². The van der Waals surface area contributed by atoms with E-state index in [-0.39, 0.29) is 0 Å². The summed E-state index contributed by atoms with van der Waals surface area (Å²) in [4.78, 5) is 0. The maximum atomic E-state index is 6.24. The highest BCUT2D eigenvalue weighted by Crippen LogP contribution is 2.44. The lowest BCUT2D eigenvalue weighted by molar-refractivity contribution is 0.669. The number of aryl methyl sites for hydroxylation is 2. The summed E-state index contributed by atoms with van der Waals surface area (Å²) in [7, 11) is 0. The number of hydrogen-bond donors (Lipinski definition) is 0. The van der Waals surface area contributed by atoms with Crippen molar-refractivity contribution in [2.75, 3.05) is 0 Å². The first kappa shape index (κ1) is 16.4. The molecule has 0 atom stereocenters. The normalized spacial score (nSPS) is 11.8. The zero-order valence-corrected chi connectivity index (χ0v) is 16.5. The Morgan fingerprint density at radius 3 is 1.72 bits per heavy atom. The van der Waals surface area contributed by atoms with E-state index in [4.69, 9.17) is 4.42 Å². The highest BCUT2D eigenvalue weighted by atomic mass is 16.3. The molecule has 138 valence electrons. The molecule has 0 spiro atoms. The molecule has 6 rings (SSSR count). The molecule has 0 amide bonds. The van der Waals surface area contributed by atoms with Crippen molar-refractivity contribution < 1.29 is 4.42 Å². The van der Waals surface area contributed by atoms with Gasteiger partial charge in [-0.1, -0.05) is 72.8 Å². The molecular formula is C28H20O. The molecule has 1 heterocycles. The molecule has 0 saturated carbocycles. The third-order valence-electron chi connectivity index (χ3n) is 6.20. The average Bonchev–Trinajstić information content (AvgIpc) is 3.15. The summed E-state index contributed by atoms with van der Waals surface area (Å²) in [5, 5.41) is 7.62. The van der Waals surface area contributed by atoms with Gasteiger partial charge in [-0.2, -0.15) is 0 Å². The molecule has 0 aliphatic carbocycles. The second-order valence-electron chi connectivity index (χ2n) is 7.82. The van der Waals surface area contributed by atoms with E-state index < -0.39 is 0 Å². The molecule has 1 heteroatoms. The minimum absolute atomic E-state index is 0.945. The van der Waals surface area contributed by atoms with E-state index in [1.165, 1.54) is 54.6 Å². The molecular weight excluding hydrogens is 352 g/mol. The Morgan fingerprint density at radius 1 is 0.517 bits per heavy atom. The molecule has 0 aliphatic heterocycles. The summed E-state index contributed by atoms with van der Waals surface area (Å²) in [6.45, 7) is 4.39. The fraction of sp³-hybridized carbons (Fsp3) is 0.0714. The van der Waals surface area contributed by atoms with Crippen molar-refractivity contribution in [3.63, 3.8) is 0 Å². The second kappa shape index (κ2) is 5.96. The largest absolute Gasteiger partial charge is 0.456 e. The van der Waals surface area contributed by atoms with E-state index in [0.717, 1.165) is 11.2 Å². The van der Waals surface area contributed by atoms with Gasteiger partial charge in [0.1, 0.15) is 11.2 Å². The van der Waals surface area contributed by atoms with Crippen molar-refractivity contribution in [1.29, 1.82) is 0 Å². The van der Waals surface area contributed by atoms with Crippen LogP contribution in [0.15, 0.2) is 89.3 Å². The van der Waals surface area contributed by atoms with E-state index in [2.05, 4.69) is 98.8 Å². The van der Waals surface area contributed by atoms with Crippen LogP contribution in [0, 0.1) is 13.8 Å². The number of benzene rings is 5. The lowest BCUT2D eigenvalue weighted by Crippen LogP contribution is -1.90. The Morgan fingerprint density at radius 2 is 1.07 bits per heavy atom. The predicted octanol–water partition coefficient (Wildman–Crippen LogP) is 8.18. The predicted molar refractivity (Wildman–Crippen MR) is 124 cm³/mol. The summed E-state index contributed by atoms with van der Waals surface area (Å²) < 4.78 is 6.24. The topological polar surface area (TPSA) is 13.1 Å². The van der Waals surface area contributed by atoms with Crippen molar-refractivity contribution >= 4 is 43.5 Å². The quantitative estimate of drug-likeness (QED) is 0.265. The van der Waals surface area contributed by atoms with Crippen LogP contribution >= 0.6 is 0 Å². The van der Waals surface area contributed by atoms with Gasteiger partial charge in [0.2, 0.25) is 0 Å². The first-order chi connectivity index (χ1) is 14.2. The Kier molecular flexibility index (Phi) is 3.36. The third kappa shape index (κ3) is 2.22. The summed E-state index contributed by atoms with van der Waals surface area (Å²) >= 11 is 0. The zero-order chi connectivity index (χ0) is 19.5. The fourth-order valence-corrected chi connectivity index (χ4v) is 4.88. The van der Waals surface area contributed by atoms with Crippen LogP contribution in [0.1, 0.15) is 11.1 Å². The second-order valence-corrected chi connectivity index (χ2v) is 7.82. The van der Waals surface area contributed by atoms with Crippen LogP contribution in [0.5, 0.6) is 0 Å². The summed E-state index contributed by atoms with van der Waals surface area (Å²) in [5.74, 6) is 0. The molecule has 0 saturated heterocycles. The van der Waals surface area contributed by atoms with Crippen LogP contribution < -0.4 is 0 Å². The van der Waals surface area contributed by atoms with Gasteiger partial charge in [0.25, 0.3) is 0 Å². The maximum absolute atomic E-state index is 6.24. The Labute approximate surface area is 169 Å². The molecule has 0 radical (unpaired) electrons. The van der Waals surface area contributed by atoms with Gasteiger partial charge in [0.15, 0.2) is 0 Å². The van der Waals surface area contributed by atoms with Crippen molar-refractivity contribution in [2.45, 2.75) is 13.8 Å². The van der Waals surface area contributed by atoms with Crippen molar-refractivity contribution in [1.82, 2.24) is 0 Å². The molecule has 0 bridgehead atoms. The SMILES string of the molecule is Cc1c2ccccc2c(-c2cccc3oc4cccc(C)c4c23)c2ccccc12. The van der Waals surface area contributed by atoms with Gasteiger partial charge in [-0.3, -0.25) is 0 Å². The molecule has 5 aromatic carbocycles. The minimum atomic E-state index is 0.945. The van der Waals surface area contributed by atoms with Crippen LogP contribution in [-0.2, 0) is 0 Å².